The van der Waals surface area contributed by atoms with Crippen molar-refractivity contribution in [3.8, 4) is 11.1 Å². The summed E-state index contributed by atoms with van der Waals surface area (Å²) < 4.78 is 5.31. The largest absolute Gasteiger partial charge is 0.423 e. The van der Waals surface area contributed by atoms with Crippen molar-refractivity contribution in [3.05, 3.63) is 100 Å². The molecule has 4 nitrogen and oxygen atoms in total. The van der Waals surface area contributed by atoms with Gasteiger partial charge in [0.25, 0.3) is 5.91 Å². The zero-order valence-corrected chi connectivity index (χ0v) is 14.7. The minimum absolute atomic E-state index is 0.159. The van der Waals surface area contributed by atoms with E-state index in [1.807, 2.05) is 67.6 Å². The van der Waals surface area contributed by atoms with Crippen molar-refractivity contribution in [2.24, 2.45) is 0 Å². The van der Waals surface area contributed by atoms with Gasteiger partial charge in [-0.05, 0) is 53.9 Å². The summed E-state index contributed by atoms with van der Waals surface area (Å²) in [5, 5.41) is 3.78. The predicted molar refractivity (Wildman–Crippen MR) is 107 cm³/mol. The maximum Gasteiger partial charge on any atom is 0.336 e. The Morgan fingerprint density at radius 2 is 1.56 bits per heavy atom. The molecule has 3 aromatic carbocycles. The molecular formula is C23H17NO3. The molecule has 1 N–H and O–H groups in total. The fourth-order valence-electron chi connectivity index (χ4n) is 3.04. The molecule has 4 heteroatoms. The highest BCUT2D eigenvalue weighted by Crippen LogP contribution is 2.25. The molecular weight excluding hydrogens is 338 g/mol. The van der Waals surface area contributed by atoms with Crippen LogP contribution in [-0.2, 0) is 0 Å². The Labute approximate surface area is 156 Å². The van der Waals surface area contributed by atoms with Gasteiger partial charge >= 0.3 is 5.63 Å². The summed E-state index contributed by atoms with van der Waals surface area (Å²) in [6.07, 6.45) is 0. The number of carbonyl (C=O) groups is 1. The lowest BCUT2D eigenvalue weighted by Gasteiger charge is -2.07. The Morgan fingerprint density at radius 3 is 2.30 bits per heavy atom. The van der Waals surface area contributed by atoms with Crippen LogP contribution in [0, 0.1) is 6.92 Å². The number of rotatable bonds is 3. The van der Waals surface area contributed by atoms with Gasteiger partial charge in [-0.15, -0.1) is 0 Å². The van der Waals surface area contributed by atoms with E-state index >= 15 is 0 Å². The Balaban J connectivity index is 1.61. The highest BCUT2D eigenvalue weighted by Gasteiger charge is 2.08. The van der Waals surface area contributed by atoms with Gasteiger partial charge in [0, 0.05) is 22.7 Å². The van der Waals surface area contributed by atoms with Crippen LogP contribution in [0.2, 0.25) is 0 Å². The second-order valence-corrected chi connectivity index (χ2v) is 6.36. The van der Waals surface area contributed by atoms with Gasteiger partial charge in [-0.25, -0.2) is 4.79 Å². The first-order valence-corrected chi connectivity index (χ1v) is 8.61. The Kier molecular flexibility index (Phi) is 4.30. The fourth-order valence-corrected chi connectivity index (χ4v) is 3.04. The molecule has 0 spiro atoms. The third kappa shape index (κ3) is 3.51. The van der Waals surface area contributed by atoms with Crippen LogP contribution in [0.15, 0.2) is 88.1 Å². The summed E-state index contributed by atoms with van der Waals surface area (Å²) in [5.41, 5.74) is 4.29. The summed E-state index contributed by atoms with van der Waals surface area (Å²) in [7, 11) is 0. The molecule has 0 unspecified atom stereocenters. The van der Waals surface area contributed by atoms with Crippen LogP contribution < -0.4 is 10.9 Å². The lowest BCUT2D eigenvalue weighted by atomic mass is 10.0. The van der Waals surface area contributed by atoms with E-state index in [1.54, 1.807) is 12.1 Å². The molecule has 0 bridgehead atoms. The van der Waals surface area contributed by atoms with E-state index in [0.29, 0.717) is 11.1 Å². The van der Waals surface area contributed by atoms with Gasteiger partial charge in [0.1, 0.15) is 5.58 Å². The number of benzene rings is 3. The summed E-state index contributed by atoms with van der Waals surface area (Å²) in [4.78, 5) is 24.0. The molecule has 0 radical (unpaired) electrons. The molecule has 4 aromatic rings. The second kappa shape index (κ2) is 6.92. The Morgan fingerprint density at radius 1 is 0.852 bits per heavy atom. The van der Waals surface area contributed by atoms with Gasteiger partial charge in [0.05, 0.1) is 0 Å². The Bertz CT molecular complexity index is 1180. The normalized spacial score (nSPS) is 10.7. The summed E-state index contributed by atoms with van der Waals surface area (Å²) in [5.74, 6) is -0.159. The van der Waals surface area contributed by atoms with Crippen molar-refractivity contribution >= 4 is 22.6 Å². The average molecular weight is 355 g/mol. The summed E-state index contributed by atoms with van der Waals surface area (Å²) >= 11 is 0. The minimum Gasteiger partial charge on any atom is -0.423 e. The van der Waals surface area contributed by atoms with Crippen LogP contribution in [0.25, 0.3) is 22.1 Å². The van der Waals surface area contributed by atoms with Crippen LogP contribution in [0.3, 0.4) is 0 Å². The number of amides is 1. The lowest BCUT2D eigenvalue weighted by molar-refractivity contribution is 0.102. The molecule has 0 aliphatic carbocycles. The van der Waals surface area contributed by atoms with Crippen molar-refractivity contribution in [2.75, 3.05) is 5.32 Å². The topological polar surface area (TPSA) is 59.3 Å². The number of para-hydroxylation sites is 1. The van der Waals surface area contributed by atoms with Crippen LogP contribution in [0.5, 0.6) is 0 Å². The smallest absolute Gasteiger partial charge is 0.336 e. The van der Waals surface area contributed by atoms with E-state index in [9.17, 15) is 9.59 Å². The van der Waals surface area contributed by atoms with Gasteiger partial charge in [0.2, 0.25) is 0 Å². The van der Waals surface area contributed by atoms with Crippen molar-refractivity contribution in [3.63, 3.8) is 0 Å². The first-order valence-electron chi connectivity index (χ1n) is 8.61. The van der Waals surface area contributed by atoms with Crippen LogP contribution >= 0.6 is 0 Å². The second-order valence-electron chi connectivity index (χ2n) is 6.36. The van der Waals surface area contributed by atoms with E-state index in [1.165, 1.54) is 6.07 Å². The SMILES string of the molecule is Cc1cc(=O)oc2cc(-c3ccc(C(=O)Nc4ccccc4)cc3)ccc12. The third-order valence-corrected chi connectivity index (χ3v) is 4.46. The average Bonchev–Trinajstić information content (AvgIpc) is 2.68. The minimum atomic E-state index is -0.356. The maximum absolute atomic E-state index is 12.4. The predicted octanol–water partition coefficient (Wildman–Crippen LogP) is 5.02. The number of anilines is 1. The summed E-state index contributed by atoms with van der Waals surface area (Å²) in [6, 6.07) is 23.9. The van der Waals surface area contributed by atoms with Gasteiger partial charge in [-0.1, -0.05) is 42.5 Å². The molecule has 0 aliphatic rings. The zero-order chi connectivity index (χ0) is 18.8. The molecule has 1 aromatic heterocycles. The van der Waals surface area contributed by atoms with E-state index in [4.69, 9.17) is 4.42 Å². The fraction of sp³-hybridized carbons (Fsp3) is 0.0435. The van der Waals surface area contributed by atoms with Crippen molar-refractivity contribution < 1.29 is 9.21 Å². The molecule has 0 aliphatic heterocycles. The molecule has 4 rings (SSSR count). The molecule has 27 heavy (non-hydrogen) atoms. The standard InChI is InChI=1S/C23H17NO3/c1-15-13-22(25)27-21-14-18(11-12-20(15)21)16-7-9-17(10-8-16)23(26)24-19-5-3-2-4-6-19/h2-14H,1H3,(H,24,26). The van der Waals surface area contributed by atoms with Gasteiger partial charge in [0.15, 0.2) is 0 Å². The first kappa shape index (κ1) is 16.8. The number of aryl methyl sites for hydroxylation is 1. The number of hydrogen-bond acceptors (Lipinski definition) is 3. The van der Waals surface area contributed by atoms with Crippen molar-refractivity contribution in [1.29, 1.82) is 0 Å². The van der Waals surface area contributed by atoms with E-state index in [2.05, 4.69) is 5.32 Å². The Hall–Kier alpha value is -3.66. The number of nitrogens with one attached hydrogen (secondary N) is 1. The van der Waals surface area contributed by atoms with Crippen molar-refractivity contribution in [1.82, 2.24) is 0 Å². The van der Waals surface area contributed by atoms with Crippen LogP contribution in [0.4, 0.5) is 5.69 Å². The molecule has 132 valence electrons. The van der Waals surface area contributed by atoms with E-state index in [0.717, 1.165) is 27.8 Å². The van der Waals surface area contributed by atoms with E-state index < -0.39 is 0 Å². The molecule has 0 saturated heterocycles. The number of fused-ring (bicyclic) bond motifs is 1. The lowest BCUT2D eigenvalue weighted by Crippen LogP contribution is -2.11. The number of hydrogen-bond donors (Lipinski definition) is 1. The molecule has 1 amide bonds. The summed E-state index contributed by atoms with van der Waals surface area (Å²) in [6.45, 7) is 1.89. The highest BCUT2D eigenvalue weighted by molar-refractivity contribution is 6.04. The van der Waals surface area contributed by atoms with E-state index in [-0.39, 0.29) is 11.5 Å². The van der Waals surface area contributed by atoms with Crippen LogP contribution in [0.1, 0.15) is 15.9 Å². The quantitative estimate of drug-likeness (QED) is 0.525. The zero-order valence-electron chi connectivity index (χ0n) is 14.7. The molecule has 0 atom stereocenters. The van der Waals surface area contributed by atoms with Gasteiger partial charge in [-0.3, -0.25) is 4.79 Å². The van der Waals surface area contributed by atoms with Gasteiger partial charge in [-0.2, -0.15) is 0 Å². The monoisotopic (exact) mass is 355 g/mol. The maximum atomic E-state index is 12.4. The number of carbonyl (C=O) groups excluding carboxylic acids is 1. The molecule has 0 fully saturated rings. The van der Waals surface area contributed by atoms with Crippen LogP contribution in [-0.4, -0.2) is 5.91 Å². The van der Waals surface area contributed by atoms with Gasteiger partial charge < -0.3 is 9.73 Å². The highest BCUT2D eigenvalue weighted by atomic mass is 16.4. The first-order chi connectivity index (χ1) is 13.1. The third-order valence-electron chi connectivity index (χ3n) is 4.46. The molecule has 1 heterocycles. The molecule has 0 saturated carbocycles. The van der Waals surface area contributed by atoms with Crippen molar-refractivity contribution in [2.45, 2.75) is 6.92 Å².